The number of rotatable bonds is 7. The predicted molar refractivity (Wildman–Crippen MR) is 103 cm³/mol. The van der Waals surface area contributed by atoms with Crippen LogP contribution in [-0.4, -0.2) is 54.8 Å². The first kappa shape index (κ1) is 20.5. The van der Waals surface area contributed by atoms with Gasteiger partial charge in [-0.05, 0) is 17.5 Å². The van der Waals surface area contributed by atoms with Crippen LogP contribution in [0.4, 0.5) is 9.59 Å². The molecule has 0 aliphatic carbocycles. The van der Waals surface area contributed by atoms with E-state index in [-0.39, 0.29) is 31.4 Å². The van der Waals surface area contributed by atoms with Gasteiger partial charge in [0.1, 0.15) is 13.2 Å². The summed E-state index contributed by atoms with van der Waals surface area (Å²) in [4.78, 5) is 27.2. The Balaban J connectivity index is 2.02. The molecule has 1 aromatic carbocycles. The second-order valence-corrected chi connectivity index (χ2v) is 6.49. The summed E-state index contributed by atoms with van der Waals surface area (Å²) >= 11 is 0. The Morgan fingerprint density at radius 1 is 1.22 bits per heavy atom. The Hall–Kier alpha value is -2.80. The molecule has 2 rings (SSSR count). The minimum Gasteiger partial charge on any atom is -0.445 e. The molecule has 1 fully saturated rings. The third-order valence-corrected chi connectivity index (χ3v) is 4.31. The van der Waals surface area contributed by atoms with E-state index >= 15 is 0 Å². The van der Waals surface area contributed by atoms with Gasteiger partial charge >= 0.3 is 12.2 Å². The van der Waals surface area contributed by atoms with Gasteiger partial charge in [0.15, 0.2) is 0 Å². The lowest BCUT2D eigenvalue weighted by Gasteiger charge is -2.24. The van der Waals surface area contributed by atoms with Crippen LogP contribution in [0.5, 0.6) is 0 Å². The molecule has 0 unspecified atom stereocenters. The van der Waals surface area contributed by atoms with Crippen LogP contribution in [-0.2, 0) is 16.0 Å². The van der Waals surface area contributed by atoms with Crippen molar-refractivity contribution < 1.29 is 19.1 Å². The van der Waals surface area contributed by atoms with Crippen molar-refractivity contribution in [3.8, 4) is 0 Å². The second-order valence-electron chi connectivity index (χ2n) is 6.49. The fourth-order valence-corrected chi connectivity index (χ4v) is 3.02. The summed E-state index contributed by atoms with van der Waals surface area (Å²) in [6.07, 6.45) is 2.95. The van der Waals surface area contributed by atoms with Crippen molar-refractivity contribution in [2.45, 2.75) is 25.0 Å². The Morgan fingerprint density at radius 2 is 1.85 bits per heavy atom. The number of nitrogens with two attached hydrogens (primary N) is 1. The maximum atomic E-state index is 12.2. The molecule has 1 aromatic rings. The molecular weight excluding hydrogens is 346 g/mol. The standard InChI is InChI=1S/C20H27N3O4/c1-4-10-26-19(24)22(3)13-15-6-8-16(9-7-15)18-12-17(21)14-23(18)20(25)27-11-5-2/h4-9,17-18H,1-2,10-14,21H2,3H3/t17-,18+/m0/s1. The average Bonchev–Trinajstić information content (AvgIpc) is 3.06. The number of hydrogen-bond acceptors (Lipinski definition) is 5. The summed E-state index contributed by atoms with van der Waals surface area (Å²) in [6.45, 7) is 8.30. The van der Waals surface area contributed by atoms with Crippen LogP contribution < -0.4 is 5.73 Å². The van der Waals surface area contributed by atoms with Crippen molar-refractivity contribution >= 4 is 12.2 Å². The van der Waals surface area contributed by atoms with Crippen LogP contribution in [0, 0.1) is 0 Å². The Bertz CT molecular complexity index is 674. The summed E-state index contributed by atoms with van der Waals surface area (Å²) in [7, 11) is 1.67. The monoisotopic (exact) mass is 373 g/mol. The predicted octanol–water partition coefficient (Wildman–Crippen LogP) is 2.84. The molecule has 0 radical (unpaired) electrons. The van der Waals surface area contributed by atoms with Crippen molar-refractivity contribution in [3.63, 3.8) is 0 Å². The molecule has 0 spiro atoms. The van der Waals surface area contributed by atoms with Gasteiger partial charge in [0, 0.05) is 26.2 Å². The van der Waals surface area contributed by atoms with E-state index in [0.29, 0.717) is 19.5 Å². The zero-order valence-corrected chi connectivity index (χ0v) is 15.7. The van der Waals surface area contributed by atoms with Crippen molar-refractivity contribution in [1.82, 2.24) is 9.80 Å². The fourth-order valence-electron chi connectivity index (χ4n) is 3.02. The van der Waals surface area contributed by atoms with Gasteiger partial charge < -0.3 is 20.1 Å². The molecule has 2 atom stereocenters. The molecule has 1 saturated heterocycles. The van der Waals surface area contributed by atoms with E-state index in [4.69, 9.17) is 15.2 Å². The van der Waals surface area contributed by atoms with Crippen LogP contribution in [0.1, 0.15) is 23.6 Å². The topological polar surface area (TPSA) is 85.1 Å². The zero-order chi connectivity index (χ0) is 19.8. The van der Waals surface area contributed by atoms with Crippen LogP contribution in [0.25, 0.3) is 0 Å². The minimum absolute atomic E-state index is 0.0864. The molecule has 2 N–H and O–H groups in total. The molecule has 7 nitrogen and oxygen atoms in total. The average molecular weight is 373 g/mol. The van der Waals surface area contributed by atoms with Gasteiger partial charge in [0.2, 0.25) is 0 Å². The van der Waals surface area contributed by atoms with Crippen LogP contribution in [0.3, 0.4) is 0 Å². The van der Waals surface area contributed by atoms with Gasteiger partial charge in [-0.25, -0.2) is 9.59 Å². The van der Waals surface area contributed by atoms with Gasteiger partial charge in [-0.2, -0.15) is 0 Å². The quantitative estimate of drug-likeness (QED) is 0.743. The van der Waals surface area contributed by atoms with Crippen LogP contribution >= 0.6 is 0 Å². The lowest BCUT2D eigenvalue weighted by Crippen LogP contribution is -2.33. The largest absolute Gasteiger partial charge is 0.445 e. The number of ether oxygens (including phenoxy) is 2. The van der Waals surface area contributed by atoms with E-state index in [1.54, 1.807) is 11.9 Å². The smallest absolute Gasteiger partial charge is 0.410 e. The molecular formula is C20H27N3O4. The van der Waals surface area contributed by atoms with Gasteiger partial charge in [0.05, 0.1) is 6.04 Å². The number of likely N-dealkylation sites (tertiary alicyclic amines) is 1. The van der Waals surface area contributed by atoms with E-state index in [2.05, 4.69) is 13.2 Å². The summed E-state index contributed by atoms with van der Waals surface area (Å²) in [6, 6.07) is 7.56. The molecule has 1 aliphatic heterocycles. The normalized spacial score (nSPS) is 18.7. The van der Waals surface area contributed by atoms with Crippen molar-refractivity contribution in [2.24, 2.45) is 5.73 Å². The van der Waals surface area contributed by atoms with E-state index in [1.165, 1.54) is 17.1 Å². The minimum atomic E-state index is -0.406. The molecule has 0 saturated carbocycles. The maximum absolute atomic E-state index is 12.2. The zero-order valence-electron chi connectivity index (χ0n) is 15.7. The molecule has 7 heteroatoms. The number of carbonyl (C=O) groups is 2. The number of nitrogens with zero attached hydrogens (tertiary/aromatic N) is 2. The SMILES string of the molecule is C=CCOC(=O)N(C)Cc1ccc([C@H]2C[C@H](N)CN2C(=O)OCC=C)cc1. The van der Waals surface area contributed by atoms with E-state index in [0.717, 1.165) is 11.1 Å². The molecule has 0 bridgehead atoms. The van der Waals surface area contributed by atoms with E-state index < -0.39 is 6.09 Å². The summed E-state index contributed by atoms with van der Waals surface area (Å²) in [5.74, 6) is 0. The lowest BCUT2D eigenvalue weighted by atomic mass is 10.0. The lowest BCUT2D eigenvalue weighted by molar-refractivity contribution is 0.107. The molecule has 27 heavy (non-hydrogen) atoms. The van der Waals surface area contributed by atoms with Crippen molar-refractivity contribution in [2.75, 3.05) is 26.8 Å². The van der Waals surface area contributed by atoms with Gasteiger partial charge in [0.25, 0.3) is 0 Å². The van der Waals surface area contributed by atoms with Crippen LogP contribution in [0.15, 0.2) is 49.6 Å². The fraction of sp³-hybridized carbons (Fsp3) is 0.400. The highest BCUT2D eigenvalue weighted by Gasteiger charge is 2.35. The first-order chi connectivity index (χ1) is 13.0. The molecule has 0 aromatic heterocycles. The number of carbonyl (C=O) groups excluding carboxylic acids is 2. The highest BCUT2D eigenvalue weighted by molar-refractivity contribution is 5.69. The number of benzene rings is 1. The summed E-state index contributed by atoms with van der Waals surface area (Å²) < 4.78 is 10.2. The second kappa shape index (κ2) is 9.78. The number of amides is 2. The summed E-state index contributed by atoms with van der Waals surface area (Å²) in [5, 5.41) is 0. The molecule has 1 aliphatic rings. The highest BCUT2D eigenvalue weighted by Crippen LogP contribution is 2.32. The Kier molecular flexibility index (Phi) is 7.43. The Morgan fingerprint density at radius 3 is 2.48 bits per heavy atom. The first-order valence-corrected chi connectivity index (χ1v) is 8.83. The third kappa shape index (κ3) is 5.59. The third-order valence-electron chi connectivity index (χ3n) is 4.31. The highest BCUT2D eigenvalue weighted by atomic mass is 16.6. The molecule has 1 heterocycles. The maximum Gasteiger partial charge on any atom is 0.410 e. The van der Waals surface area contributed by atoms with Crippen LogP contribution in [0.2, 0.25) is 0 Å². The first-order valence-electron chi connectivity index (χ1n) is 8.83. The van der Waals surface area contributed by atoms with Crippen molar-refractivity contribution in [1.29, 1.82) is 0 Å². The molecule has 2 amide bonds. The molecule has 146 valence electrons. The van der Waals surface area contributed by atoms with Gasteiger partial charge in [-0.15, -0.1) is 0 Å². The van der Waals surface area contributed by atoms with Gasteiger partial charge in [-0.1, -0.05) is 49.6 Å². The van der Waals surface area contributed by atoms with Gasteiger partial charge in [-0.3, -0.25) is 4.90 Å². The Labute approximate surface area is 160 Å². The summed E-state index contributed by atoms with van der Waals surface area (Å²) in [5.41, 5.74) is 8.00. The van der Waals surface area contributed by atoms with Crippen molar-refractivity contribution in [3.05, 3.63) is 60.7 Å². The number of hydrogen-bond donors (Lipinski definition) is 1. The van der Waals surface area contributed by atoms with E-state index in [9.17, 15) is 9.59 Å². The van der Waals surface area contributed by atoms with E-state index in [1.807, 2.05) is 24.3 Å².